The predicted molar refractivity (Wildman–Crippen MR) is 52.5 cm³/mol. The highest BCUT2D eigenvalue weighted by Gasteiger charge is 2.05. The number of ether oxygens (including phenoxy) is 1. The van der Waals surface area contributed by atoms with Crippen molar-refractivity contribution in [3.63, 3.8) is 0 Å². The molecule has 0 radical (unpaired) electrons. The number of allylic oxidation sites excluding steroid dienone is 4. The summed E-state index contributed by atoms with van der Waals surface area (Å²) in [4.78, 5) is 0. The van der Waals surface area contributed by atoms with E-state index in [-0.39, 0.29) is 0 Å². The third kappa shape index (κ3) is 4.23. The highest BCUT2D eigenvalue weighted by atomic mass is 19.1. The van der Waals surface area contributed by atoms with Crippen molar-refractivity contribution in [2.45, 2.75) is 31.9 Å². The highest BCUT2D eigenvalue weighted by Crippen LogP contribution is 2.17. The lowest BCUT2D eigenvalue weighted by molar-refractivity contribution is 0.193. The Labute approximate surface area is 79.3 Å². The number of methoxy groups -OCH3 is 1. The van der Waals surface area contributed by atoms with Crippen LogP contribution in [-0.2, 0) is 4.74 Å². The van der Waals surface area contributed by atoms with Gasteiger partial charge in [0.05, 0.1) is 0 Å². The van der Waals surface area contributed by atoms with E-state index >= 15 is 0 Å². The van der Waals surface area contributed by atoms with E-state index in [1.165, 1.54) is 5.57 Å². The van der Waals surface area contributed by atoms with E-state index < -0.39 is 6.17 Å². The van der Waals surface area contributed by atoms with Gasteiger partial charge in [0, 0.05) is 20.1 Å². The Morgan fingerprint density at radius 2 is 2.38 bits per heavy atom. The van der Waals surface area contributed by atoms with Crippen LogP contribution >= 0.6 is 0 Å². The lowest BCUT2D eigenvalue weighted by atomic mass is 10.0. The smallest absolute Gasteiger partial charge is 0.122 e. The molecule has 1 aliphatic rings. The summed E-state index contributed by atoms with van der Waals surface area (Å²) in [6.45, 7) is 0.822. The molecule has 1 aliphatic carbocycles. The Balaban J connectivity index is 2.12. The first-order valence-electron chi connectivity index (χ1n) is 4.83. The molecule has 0 amide bonds. The summed E-state index contributed by atoms with van der Waals surface area (Å²) in [6, 6.07) is 0. The maximum atomic E-state index is 12.6. The lowest BCUT2D eigenvalue weighted by Gasteiger charge is -2.09. The van der Waals surface area contributed by atoms with E-state index in [2.05, 4.69) is 0 Å². The van der Waals surface area contributed by atoms with Gasteiger partial charge in [0.2, 0.25) is 0 Å². The zero-order valence-corrected chi connectivity index (χ0v) is 8.13. The first-order valence-corrected chi connectivity index (χ1v) is 4.83. The molecule has 0 saturated carbocycles. The van der Waals surface area contributed by atoms with Gasteiger partial charge in [-0.1, -0.05) is 23.8 Å². The molecule has 0 saturated heterocycles. The van der Waals surface area contributed by atoms with Crippen molar-refractivity contribution >= 4 is 0 Å². The molecule has 1 unspecified atom stereocenters. The largest absolute Gasteiger partial charge is 0.385 e. The average molecular weight is 184 g/mol. The van der Waals surface area contributed by atoms with E-state index in [4.69, 9.17) is 4.74 Å². The molecule has 1 nitrogen and oxygen atoms in total. The topological polar surface area (TPSA) is 9.23 Å². The first-order chi connectivity index (χ1) is 6.33. The standard InChI is InChI=1S/C11H17FO/c1-13-9-3-2-4-10-5-7-11(12)8-6-10/h5-7,11H,2-4,8-9H2,1H3. The van der Waals surface area contributed by atoms with Crippen molar-refractivity contribution in [1.82, 2.24) is 0 Å². The van der Waals surface area contributed by atoms with Gasteiger partial charge in [-0.15, -0.1) is 0 Å². The van der Waals surface area contributed by atoms with Gasteiger partial charge >= 0.3 is 0 Å². The van der Waals surface area contributed by atoms with Crippen molar-refractivity contribution < 1.29 is 9.13 Å². The second kappa shape index (κ2) is 5.92. The summed E-state index contributed by atoms with van der Waals surface area (Å²) in [5.41, 5.74) is 1.27. The van der Waals surface area contributed by atoms with Crippen LogP contribution in [0.5, 0.6) is 0 Å². The fraction of sp³-hybridized carbons (Fsp3) is 0.636. The maximum Gasteiger partial charge on any atom is 0.122 e. The van der Waals surface area contributed by atoms with Crippen LogP contribution in [0.25, 0.3) is 0 Å². The van der Waals surface area contributed by atoms with Gasteiger partial charge in [-0.3, -0.25) is 0 Å². The molecular weight excluding hydrogens is 167 g/mol. The Hall–Kier alpha value is -0.630. The molecule has 74 valence electrons. The molecule has 0 heterocycles. The second-order valence-corrected chi connectivity index (χ2v) is 3.34. The number of unbranched alkanes of at least 4 members (excludes halogenated alkanes) is 1. The molecule has 13 heavy (non-hydrogen) atoms. The van der Waals surface area contributed by atoms with Crippen LogP contribution in [0.4, 0.5) is 4.39 Å². The van der Waals surface area contributed by atoms with E-state index in [0.717, 1.165) is 25.9 Å². The fourth-order valence-corrected chi connectivity index (χ4v) is 1.40. The SMILES string of the molecule is COCCCCC1=CCC(F)C=C1. The quantitative estimate of drug-likeness (QED) is 0.597. The molecular formula is C11H17FO. The lowest BCUT2D eigenvalue weighted by Crippen LogP contribution is -1.98. The first kappa shape index (κ1) is 10.5. The summed E-state index contributed by atoms with van der Waals surface area (Å²) in [6.07, 6.45) is 8.59. The number of hydrogen-bond donors (Lipinski definition) is 0. The van der Waals surface area contributed by atoms with Crippen molar-refractivity contribution in [1.29, 1.82) is 0 Å². The van der Waals surface area contributed by atoms with Gasteiger partial charge in [0.1, 0.15) is 6.17 Å². The Morgan fingerprint density at radius 1 is 1.54 bits per heavy atom. The van der Waals surface area contributed by atoms with Gasteiger partial charge < -0.3 is 4.74 Å². The summed E-state index contributed by atoms with van der Waals surface area (Å²) in [5, 5.41) is 0. The zero-order chi connectivity index (χ0) is 9.52. The maximum absolute atomic E-state index is 12.6. The minimum absolute atomic E-state index is 0.552. The monoisotopic (exact) mass is 184 g/mol. The molecule has 0 spiro atoms. The summed E-state index contributed by atoms with van der Waals surface area (Å²) >= 11 is 0. The van der Waals surface area contributed by atoms with Crippen LogP contribution < -0.4 is 0 Å². The van der Waals surface area contributed by atoms with Gasteiger partial charge in [-0.25, -0.2) is 4.39 Å². The molecule has 1 rings (SSSR count). The third-order valence-electron chi connectivity index (χ3n) is 2.19. The normalized spacial score (nSPS) is 21.7. The van der Waals surface area contributed by atoms with Crippen LogP contribution in [-0.4, -0.2) is 19.9 Å². The average Bonchev–Trinajstić information content (AvgIpc) is 2.15. The molecule has 0 bridgehead atoms. The molecule has 1 atom stereocenters. The summed E-state index contributed by atoms with van der Waals surface area (Å²) in [5.74, 6) is 0. The number of alkyl halides is 1. The molecule has 2 heteroatoms. The molecule has 0 aliphatic heterocycles. The fourth-order valence-electron chi connectivity index (χ4n) is 1.40. The minimum Gasteiger partial charge on any atom is -0.385 e. The van der Waals surface area contributed by atoms with Crippen LogP contribution in [0.1, 0.15) is 25.7 Å². The van der Waals surface area contributed by atoms with Crippen molar-refractivity contribution in [3.05, 3.63) is 23.8 Å². The molecule has 0 aromatic carbocycles. The Morgan fingerprint density at radius 3 is 3.00 bits per heavy atom. The zero-order valence-electron chi connectivity index (χ0n) is 8.13. The molecule has 0 aromatic heterocycles. The van der Waals surface area contributed by atoms with Crippen molar-refractivity contribution in [2.75, 3.05) is 13.7 Å². The van der Waals surface area contributed by atoms with Gasteiger partial charge in [-0.05, 0) is 19.3 Å². The van der Waals surface area contributed by atoms with E-state index in [1.54, 1.807) is 13.2 Å². The Kier molecular flexibility index (Phi) is 4.76. The van der Waals surface area contributed by atoms with Gasteiger partial charge in [-0.2, -0.15) is 0 Å². The number of halogens is 1. The van der Waals surface area contributed by atoms with Crippen LogP contribution in [0.15, 0.2) is 23.8 Å². The van der Waals surface area contributed by atoms with E-state index in [9.17, 15) is 4.39 Å². The van der Waals surface area contributed by atoms with Gasteiger partial charge in [0.25, 0.3) is 0 Å². The molecule has 0 N–H and O–H groups in total. The van der Waals surface area contributed by atoms with Gasteiger partial charge in [0.15, 0.2) is 0 Å². The highest BCUT2D eigenvalue weighted by molar-refractivity contribution is 5.24. The third-order valence-corrected chi connectivity index (χ3v) is 2.19. The van der Waals surface area contributed by atoms with E-state index in [0.29, 0.717) is 6.42 Å². The molecule has 0 aromatic rings. The Bertz CT molecular complexity index is 196. The van der Waals surface area contributed by atoms with Crippen LogP contribution in [0, 0.1) is 0 Å². The van der Waals surface area contributed by atoms with E-state index in [1.807, 2.05) is 12.2 Å². The number of rotatable bonds is 5. The minimum atomic E-state index is -0.761. The van der Waals surface area contributed by atoms with Crippen molar-refractivity contribution in [2.24, 2.45) is 0 Å². The molecule has 0 fully saturated rings. The second-order valence-electron chi connectivity index (χ2n) is 3.34. The van der Waals surface area contributed by atoms with Crippen molar-refractivity contribution in [3.8, 4) is 0 Å². The summed E-state index contributed by atoms with van der Waals surface area (Å²) < 4.78 is 17.6. The predicted octanol–water partition coefficient (Wildman–Crippen LogP) is 3.03. The van der Waals surface area contributed by atoms with Crippen LogP contribution in [0.2, 0.25) is 0 Å². The van der Waals surface area contributed by atoms with Crippen LogP contribution in [0.3, 0.4) is 0 Å². The summed E-state index contributed by atoms with van der Waals surface area (Å²) in [7, 11) is 1.72. The number of hydrogen-bond acceptors (Lipinski definition) is 1.